The number of hydrogen-bond acceptors (Lipinski definition) is 3. The van der Waals surface area contributed by atoms with Crippen molar-refractivity contribution in [3.63, 3.8) is 0 Å². The van der Waals surface area contributed by atoms with E-state index in [-0.39, 0.29) is 11.9 Å². The smallest absolute Gasteiger partial charge is 0.375 e. The van der Waals surface area contributed by atoms with Crippen LogP contribution in [0.5, 0.6) is 0 Å². The Morgan fingerprint density at radius 1 is 1.39 bits per heavy atom. The molecule has 5 nitrogen and oxygen atoms in total. The van der Waals surface area contributed by atoms with Crippen LogP contribution < -0.4 is 0 Å². The highest BCUT2D eigenvalue weighted by atomic mass is 35.5. The number of hydrogen-bond donors (Lipinski definition) is 1. The normalized spacial score (nSPS) is 17.7. The van der Waals surface area contributed by atoms with Crippen LogP contribution in [0.2, 0.25) is 5.02 Å². The molecule has 1 aromatic heterocycles. The predicted octanol–water partition coefficient (Wildman–Crippen LogP) is 2.17. The maximum absolute atomic E-state index is 10.8. The minimum atomic E-state index is -1.09. The third kappa shape index (κ3) is 1.76. The highest BCUT2D eigenvalue weighted by molar-refractivity contribution is 6.30. The number of aromatic carboxylic acids is 1. The first-order chi connectivity index (χ1) is 8.65. The Labute approximate surface area is 108 Å². The fourth-order valence-electron chi connectivity index (χ4n) is 2.25. The van der Waals surface area contributed by atoms with Gasteiger partial charge in [0.05, 0.1) is 6.04 Å². The van der Waals surface area contributed by atoms with Crippen LogP contribution in [-0.2, 0) is 6.42 Å². The van der Waals surface area contributed by atoms with Crippen LogP contribution >= 0.6 is 11.6 Å². The van der Waals surface area contributed by atoms with Crippen LogP contribution in [0.1, 0.15) is 34.5 Å². The van der Waals surface area contributed by atoms with E-state index in [4.69, 9.17) is 16.7 Å². The van der Waals surface area contributed by atoms with Gasteiger partial charge in [0, 0.05) is 11.4 Å². The topological polar surface area (TPSA) is 68.0 Å². The molecule has 2 aromatic rings. The molecular formula is C12H10ClN3O2. The monoisotopic (exact) mass is 263 g/mol. The Morgan fingerprint density at radius 3 is 2.78 bits per heavy atom. The Bertz CT molecular complexity index is 606. The van der Waals surface area contributed by atoms with Gasteiger partial charge in [0.2, 0.25) is 0 Å². The zero-order valence-corrected chi connectivity index (χ0v) is 10.1. The van der Waals surface area contributed by atoms with Crippen molar-refractivity contribution < 1.29 is 9.90 Å². The number of aryl methyl sites for hydroxylation is 1. The lowest BCUT2D eigenvalue weighted by Gasteiger charge is -2.11. The lowest BCUT2D eigenvalue weighted by molar-refractivity contribution is 0.0683. The molecule has 3 rings (SSSR count). The molecule has 0 spiro atoms. The SMILES string of the molecule is O=C(O)c1nc2n(n1)C(c1ccc(Cl)cc1)CC2. The Balaban J connectivity index is 1.98. The molecule has 1 aromatic carbocycles. The van der Waals surface area contributed by atoms with Gasteiger partial charge in [-0.25, -0.2) is 14.5 Å². The zero-order valence-electron chi connectivity index (χ0n) is 9.38. The molecule has 0 fully saturated rings. The van der Waals surface area contributed by atoms with Crippen molar-refractivity contribution in [1.29, 1.82) is 0 Å². The van der Waals surface area contributed by atoms with Gasteiger partial charge in [-0.1, -0.05) is 23.7 Å². The van der Waals surface area contributed by atoms with Crippen LogP contribution in [0.4, 0.5) is 0 Å². The van der Waals surface area contributed by atoms with Crippen LogP contribution in [0.3, 0.4) is 0 Å². The molecule has 1 aliphatic heterocycles. The molecule has 92 valence electrons. The Kier molecular flexibility index (Phi) is 2.56. The summed E-state index contributed by atoms with van der Waals surface area (Å²) >= 11 is 5.85. The second kappa shape index (κ2) is 4.10. The molecule has 1 unspecified atom stereocenters. The number of carbonyl (C=O) groups is 1. The van der Waals surface area contributed by atoms with Crippen molar-refractivity contribution in [3.05, 3.63) is 46.5 Å². The van der Waals surface area contributed by atoms with Crippen LogP contribution in [0.25, 0.3) is 0 Å². The number of aromatic nitrogens is 3. The van der Waals surface area contributed by atoms with E-state index in [0.717, 1.165) is 24.2 Å². The number of carboxylic acid groups (broad SMARTS) is 1. The fourth-order valence-corrected chi connectivity index (χ4v) is 2.37. The lowest BCUT2D eigenvalue weighted by atomic mass is 10.1. The molecule has 0 aliphatic carbocycles. The van der Waals surface area contributed by atoms with E-state index >= 15 is 0 Å². The predicted molar refractivity (Wildman–Crippen MR) is 64.9 cm³/mol. The van der Waals surface area contributed by atoms with Gasteiger partial charge in [0.15, 0.2) is 0 Å². The fraction of sp³-hybridized carbons (Fsp3) is 0.250. The molecule has 6 heteroatoms. The summed E-state index contributed by atoms with van der Waals surface area (Å²) in [5.74, 6) is -0.497. The number of fused-ring (bicyclic) bond motifs is 1. The van der Waals surface area contributed by atoms with Crippen molar-refractivity contribution in [2.45, 2.75) is 18.9 Å². The molecule has 1 aliphatic rings. The highest BCUT2D eigenvalue weighted by Gasteiger charge is 2.28. The summed E-state index contributed by atoms with van der Waals surface area (Å²) in [6.45, 7) is 0. The van der Waals surface area contributed by atoms with Gasteiger partial charge in [0.25, 0.3) is 5.82 Å². The molecule has 1 atom stereocenters. The summed E-state index contributed by atoms with van der Waals surface area (Å²) in [5, 5.41) is 13.6. The van der Waals surface area contributed by atoms with E-state index in [9.17, 15) is 4.79 Å². The van der Waals surface area contributed by atoms with Gasteiger partial charge in [-0.3, -0.25) is 0 Å². The highest BCUT2D eigenvalue weighted by Crippen LogP contribution is 2.30. The van der Waals surface area contributed by atoms with E-state index in [1.807, 2.05) is 24.3 Å². The summed E-state index contributed by atoms with van der Waals surface area (Å²) in [6, 6.07) is 7.57. The third-order valence-corrected chi connectivity index (χ3v) is 3.34. The largest absolute Gasteiger partial charge is 0.475 e. The van der Waals surface area contributed by atoms with Gasteiger partial charge < -0.3 is 5.11 Å². The maximum Gasteiger partial charge on any atom is 0.375 e. The lowest BCUT2D eigenvalue weighted by Crippen LogP contribution is -2.09. The van der Waals surface area contributed by atoms with Gasteiger partial charge in [0.1, 0.15) is 5.82 Å². The van der Waals surface area contributed by atoms with Gasteiger partial charge in [-0.15, -0.1) is 5.10 Å². The number of carboxylic acids is 1. The summed E-state index contributed by atoms with van der Waals surface area (Å²) < 4.78 is 1.70. The van der Waals surface area contributed by atoms with Crippen molar-refractivity contribution in [3.8, 4) is 0 Å². The second-order valence-corrected chi connectivity index (χ2v) is 4.64. The molecule has 0 amide bonds. The quantitative estimate of drug-likeness (QED) is 0.902. The Morgan fingerprint density at radius 2 is 2.11 bits per heavy atom. The molecule has 0 saturated carbocycles. The first-order valence-electron chi connectivity index (χ1n) is 5.59. The van der Waals surface area contributed by atoms with Crippen molar-refractivity contribution in [2.24, 2.45) is 0 Å². The minimum Gasteiger partial charge on any atom is -0.475 e. The van der Waals surface area contributed by atoms with Gasteiger partial charge >= 0.3 is 5.97 Å². The average molecular weight is 264 g/mol. The van der Waals surface area contributed by atoms with E-state index < -0.39 is 5.97 Å². The summed E-state index contributed by atoms with van der Waals surface area (Å²) in [5.41, 5.74) is 1.07. The van der Waals surface area contributed by atoms with Gasteiger partial charge in [-0.2, -0.15) is 0 Å². The van der Waals surface area contributed by atoms with Crippen molar-refractivity contribution in [1.82, 2.24) is 14.8 Å². The third-order valence-electron chi connectivity index (χ3n) is 3.08. The standard InChI is InChI=1S/C12H10ClN3O2/c13-8-3-1-7(2-4-8)9-5-6-10-14-11(12(17)18)15-16(9)10/h1-4,9H,5-6H2,(H,17,18). The molecule has 0 radical (unpaired) electrons. The van der Waals surface area contributed by atoms with Crippen molar-refractivity contribution in [2.75, 3.05) is 0 Å². The summed E-state index contributed by atoms with van der Waals surface area (Å²) in [4.78, 5) is 14.8. The molecule has 0 bridgehead atoms. The number of rotatable bonds is 2. The van der Waals surface area contributed by atoms with Crippen LogP contribution in [0, 0.1) is 0 Å². The summed E-state index contributed by atoms with van der Waals surface area (Å²) in [7, 11) is 0. The van der Waals surface area contributed by atoms with Crippen LogP contribution in [0.15, 0.2) is 24.3 Å². The minimum absolute atomic E-state index is 0.0536. The Hall–Kier alpha value is -1.88. The van der Waals surface area contributed by atoms with Crippen molar-refractivity contribution >= 4 is 17.6 Å². The van der Waals surface area contributed by atoms with E-state index in [1.54, 1.807) is 4.68 Å². The van der Waals surface area contributed by atoms with Gasteiger partial charge in [-0.05, 0) is 24.1 Å². The molecule has 2 heterocycles. The van der Waals surface area contributed by atoms with E-state index in [1.165, 1.54) is 0 Å². The zero-order chi connectivity index (χ0) is 12.7. The second-order valence-electron chi connectivity index (χ2n) is 4.21. The number of nitrogens with zero attached hydrogens (tertiary/aromatic N) is 3. The molecule has 1 N–H and O–H groups in total. The maximum atomic E-state index is 10.8. The van der Waals surface area contributed by atoms with E-state index in [0.29, 0.717) is 5.02 Å². The number of halogens is 1. The average Bonchev–Trinajstić information content (AvgIpc) is 2.89. The first kappa shape index (κ1) is 11.2. The first-order valence-corrected chi connectivity index (χ1v) is 5.97. The molecule has 0 saturated heterocycles. The number of benzene rings is 1. The molecular weight excluding hydrogens is 254 g/mol. The van der Waals surface area contributed by atoms with E-state index in [2.05, 4.69) is 10.1 Å². The van der Waals surface area contributed by atoms with Crippen LogP contribution in [-0.4, -0.2) is 25.8 Å². The molecule has 18 heavy (non-hydrogen) atoms. The summed E-state index contributed by atoms with van der Waals surface area (Å²) in [6.07, 6.45) is 1.63.